The highest BCUT2D eigenvalue weighted by atomic mass is 19.4. The number of ketones is 2. The summed E-state index contributed by atoms with van der Waals surface area (Å²) in [5.41, 5.74) is -27.6. The summed E-state index contributed by atoms with van der Waals surface area (Å²) in [5.74, 6) is -0.133. The number of hydrogen-bond donors (Lipinski definition) is 0. The van der Waals surface area contributed by atoms with Crippen molar-refractivity contribution in [2.45, 2.75) is 56.0 Å². The van der Waals surface area contributed by atoms with E-state index < -0.39 is 195 Å². The molecule has 0 bridgehead atoms. The van der Waals surface area contributed by atoms with E-state index in [2.05, 4.69) is 0 Å². The molecule has 460 valence electrons. The highest BCUT2D eigenvalue weighted by Crippen LogP contribution is 2.42. The molecule has 1 aromatic heterocycles. The fourth-order valence-electron chi connectivity index (χ4n) is 10.0. The van der Waals surface area contributed by atoms with Crippen molar-refractivity contribution in [3.8, 4) is 0 Å². The van der Waals surface area contributed by atoms with E-state index in [0.717, 1.165) is 21.7 Å². The van der Waals surface area contributed by atoms with E-state index in [1.807, 2.05) is 102 Å². The number of hydrogen-bond acceptors (Lipinski definition) is 2. The van der Waals surface area contributed by atoms with Gasteiger partial charge in [-0.05, 0) is 53.2 Å². The van der Waals surface area contributed by atoms with Crippen LogP contribution in [0.1, 0.15) is 70.9 Å². The molecule has 0 unspecified atom stereocenters. The Hall–Kier alpha value is -8.85. The smallest absolute Gasteiger partial charge is 0.287 e. The third kappa shape index (κ3) is 13.9. The van der Waals surface area contributed by atoms with Gasteiger partial charge in [-0.15, -0.1) is 0 Å². The van der Waals surface area contributed by atoms with Gasteiger partial charge in [-0.2, -0.15) is 132 Å². The van der Waals surface area contributed by atoms with Crippen molar-refractivity contribution in [3.05, 3.63) is 243 Å². The maximum absolute atomic E-state index is 14.2. The van der Waals surface area contributed by atoms with Gasteiger partial charge in [0.05, 0.1) is 44.5 Å². The SMILES string of the molecule is FC(F)(F)c1cc([B-](c2cc(C(F)(F)F)cc(C(F)(F)F)c2)(c2cc(C(F)(F)F)cc(C(F)(F)F)c2)c2cc(C(F)(F)F)cc(C(F)(F)F)c2)cc(C(F)(F)F)c1.O=C(C[n+]1c(C(=O)c2ccc3ccccc3c2)ccc2ccccc21)c1ccccc1. The van der Waals surface area contributed by atoms with E-state index in [4.69, 9.17) is 0 Å². The number of carbonyl (C=O) groups excluding carboxylic acids is 2. The Bertz CT molecular complexity index is 3680. The minimum Gasteiger partial charge on any atom is -0.287 e. The molecule has 9 rings (SSSR count). The summed E-state index contributed by atoms with van der Waals surface area (Å²) in [6.45, 7) is 0.0972. The third-order valence-corrected chi connectivity index (χ3v) is 14.0. The molecule has 0 aliphatic rings. The summed E-state index contributed by atoms with van der Waals surface area (Å²) in [5, 5.41) is 3.09. The summed E-state index contributed by atoms with van der Waals surface area (Å²) < 4.78 is 343. The Morgan fingerprint density at radius 3 is 0.932 bits per heavy atom. The Morgan fingerprint density at radius 2 is 0.591 bits per heavy atom. The van der Waals surface area contributed by atoms with Gasteiger partial charge in [-0.3, -0.25) is 9.59 Å². The summed E-state index contributed by atoms with van der Waals surface area (Å²) in [6.07, 6.45) is -54.8. The molecule has 0 saturated heterocycles. The summed E-state index contributed by atoms with van der Waals surface area (Å²) in [4.78, 5) is 26.6. The van der Waals surface area contributed by atoms with Crippen molar-refractivity contribution >= 4 is 61.2 Å². The van der Waals surface area contributed by atoms with Gasteiger partial charge in [0.15, 0.2) is 0 Å². The highest BCUT2D eigenvalue weighted by Gasteiger charge is 2.47. The van der Waals surface area contributed by atoms with Gasteiger partial charge in [0.25, 0.3) is 11.5 Å². The Morgan fingerprint density at radius 1 is 0.295 bits per heavy atom. The van der Waals surface area contributed by atoms with Crippen LogP contribution in [-0.2, 0) is 56.0 Å². The summed E-state index contributed by atoms with van der Waals surface area (Å²) in [7, 11) is 0. The van der Waals surface area contributed by atoms with Crippen LogP contribution in [0, 0.1) is 0 Å². The molecule has 9 aromatic rings. The van der Waals surface area contributed by atoms with Crippen LogP contribution >= 0.6 is 0 Å². The van der Waals surface area contributed by atoms with E-state index in [9.17, 15) is 115 Å². The largest absolute Gasteiger partial charge is 0.416 e. The molecule has 88 heavy (non-hydrogen) atoms. The molecular weight excluding hydrogens is 1230 g/mol. The standard InChI is InChI=1S/C32H12BF24.C28H20NO2/c34-25(35,36)13-1-14(26(37,38)39)6-21(5-13)33(22-7-15(27(40,41)42)2-16(8-22)28(43,44)45,23-9-17(29(46,47)48)3-18(10-23)30(49,50)51)24-11-19(31(52,53)54)4-20(12-24)32(55,56)57;30-27(22-10-2-1-3-11-22)19-29-25-13-7-6-9-21(25)16-17-26(29)28(31)24-15-14-20-8-4-5-12-23(20)18-24/h1-12H;1-18H,19H2/q-1;+1. The number of nitrogens with zero attached hydrogens (tertiary/aromatic N) is 1. The Balaban J connectivity index is 0.000000269. The second kappa shape index (κ2) is 23.0. The second-order valence-electron chi connectivity index (χ2n) is 19.8. The van der Waals surface area contributed by atoms with E-state index in [0.29, 0.717) is 16.8 Å². The van der Waals surface area contributed by atoms with Crippen LogP contribution in [0.2, 0.25) is 0 Å². The van der Waals surface area contributed by atoms with Crippen LogP contribution in [0.15, 0.2) is 182 Å². The van der Waals surface area contributed by atoms with Crippen molar-refractivity contribution in [1.29, 1.82) is 0 Å². The van der Waals surface area contributed by atoms with Crippen LogP contribution in [-0.4, -0.2) is 17.7 Å². The topological polar surface area (TPSA) is 38.0 Å². The number of fused-ring (bicyclic) bond motifs is 2. The van der Waals surface area contributed by atoms with Crippen molar-refractivity contribution in [2.75, 3.05) is 0 Å². The van der Waals surface area contributed by atoms with Crippen LogP contribution in [0.5, 0.6) is 0 Å². The molecule has 0 aliphatic heterocycles. The normalized spacial score (nSPS) is 13.1. The van der Waals surface area contributed by atoms with Crippen molar-refractivity contribution in [3.63, 3.8) is 0 Å². The zero-order valence-electron chi connectivity index (χ0n) is 43.4. The number of halogens is 24. The quantitative estimate of drug-likeness (QED) is 0.0625. The number of alkyl halides is 24. The van der Waals surface area contributed by atoms with Crippen molar-refractivity contribution < 1.29 is 120 Å². The molecule has 0 N–H and O–H groups in total. The zero-order chi connectivity index (χ0) is 65.1. The van der Waals surface area contributed by atoms with E-state index in [-0.39, 0.29) is 18.1 Å². The maximum Gasteiger partial charge on any atom is 0.416 e. The number of Topliss-reactive ketones (excluding diaryl/α,β-unsaturated/α-hetero) is 1. The molecule has 0 aliphatic carbocycles. The Kier molecular flexibility index (Phi) is 17.0. The number of benzene rings is 8. The van der Waals surface area contributed by atoms with E-state index >= 15 is 0 Å². The van der Waals surface area contributed by atoms with Gasteiger partial charge in [0.2, 0.25) is 17.8 Å². The molecule has 28 heteroatoms. The van der Waals surface area contributed by atoms with Gasteiger partial charge in [0.1, 0.15) is 6.15 Å². The molecule has 0 saturated carbocycles. The number of carbonyl (C=O) groups is 2. The second-order valence-corrected chi connectivity index (χ2v) is 19.8. The maximum atomic E-state index is 14.2. The minimum absolute atomic E-state index is 0.0329. The minimum atomic E-state index is -6.13. The van der Waals surface area contributed by atoms with Gasteiger partial charge >= 0.3 is 49.4 Å². The lowest BCUT2D eigenvalue weighted by atomic mass is 9.12. The number of para-hydroxylation sites is 1. The van der Waals surface area contributed by atoms with Crippen molar-refractivity contribution in [1.82, 2.24) is 0 Å². The molecule has 8 aromatic carbocycles. The van der Waals surface area contributed by atoms with Gasteiger partial charge in [0, 0.05) is 28.6 Å². The molecule has 0 amide bonds. The molecule has 0 radical (unpaired) electrons. The van der Waals surface area contributed by atoms with Crippen LogP contribution < -0.4 is 26.4 Å². The molecule has 0 atom stereocenters. The fourth-order valence-corrected chi connectivity index (χ4v) is 10.0. The van der Waals surface area contributed by atoms with Crippen LogP contribution in [0.25, 0.3) is 21.7 Å². The van der Waals surface area contributed by atoms with Gasteiger partial charge in [-0.1, -0.05) is 127 Å². The number of pyridine rings is 1. The number of rotatable bonds is 9. The highest BCUT2D eigenvalue weighted by molar-refractivity contribution is 7.20. The predicted octanol–water partition coefficient (Wildman–Crippen LogP) is 16.6. The zero-order valence-corrected chi connectivity index (χ0v) is 43.4. The first-order valence-corrected chi connectivity index (χ1v) is 24.9. The fraction of sp³-hybridized carbons (Fsp3) is 0.150. The molecule has 3 nitrogen and oxygen atoms in total. The molecule has 0 fully saturated rings. The van der Waals surface area contributed by atoms with Gasteiger partial charge in [-0.25, -0.2) is 0 Å². The van der Waals surface area contributed by atoms with Crippen LogP contribution in [0.3, 0.4) is 0 Å². The lowest BCUT2D eigenvalue weighted by molar-refractivity contribution is -0.658. The number of aromatic nitrogens is 1. The van der Waals surface area contributed by atoms with Gasteiger partial charge < -0.3 is 0 Å². The molecule has 0 spiro atoms. The summed E-state index contributed by atoms with van der Waals surface area (Å²) >= 11 is 0. The first-order valence-electron chi connectivity index (χ1n) is 24.9. The Labute approximate surface area is 479 Å². The van der Waals surface area contributed by atoms with E-state index in [1.54, 1.807) is 12.1 Å². The van der Waals surface area contributed by atoms with Crippen LogP contribution in [0.4, 0.5) is 105 Å². The third-order valence-electron chi connectivity index (χ3n) is 14.0. The lowest BCUT2D eigenvalue weighted by Gasteiger charge is -2.46. The molecule has 1 heterocycles. The molecular formula is C60H32BF24NO2. The average Bonchev–Trinajstić information content (AvgIpc) is 0.762. The summed E-state index contributed by atoms with van der Waals surface area (Å²) in [6, 6.07) is 25.7. The average molecular weight is 1270 g/mol. The first kappa shape index (κ1) is 65.1. The first-order chi connectivity index (χ1) is 40.5. The van der Waals surface area contributed by atoms with E-state index in [1.165, 1.54) is 0 Å². The van der Waals surface area contributed by atoms with Crippen molar-refractivity contribution in [2.24, 2.45) is 0 Å². The monoisotopic (exact) mass is 1270 g/mol. The lowest BCUT2D eigenvalue weighted by Crippen LogP contribution is -2.75. The predicted molar refractivity (Wildman–Crippen MR) is 272 cm³/mol.